The van der Waals surface area contributed by atoms with E-state index in [2.05, 4.69) is 17.6 Å². The van der Waals surface area contributed by atoms with Crippen LogP contribution >= 0.6 is 0 Å². The van der Waals surface area contributed by atoms with E-state index in [0.717, 1.165) is 19.4 Å². The van der Waals surface area contributed by atoms with Crippen molar-refractivity contribution >= 4 is 5.91 Å². The number of hydrogen-bond acceptors (Lipinski definition) is 2. The Labute approximate surface area is 117 Å². The number of alkyl halides is 3. The van der Waals surface area contributed by atoms with Gasteiger partial charge >= 0.3 is 6.18 Å². The van der Waals surface area contributed by atoms with Crippen LogP contribution in [-0.2, 0) is 4.79 Å². The molecule has 1 amide bonds. The molecule has 116 valence electrons. The highest BCUT2D eigenvalue weighted by Crippen LogP contribution is 2.39. The van der Waals surface area contributed by atoms with E-state index in [1.165, 1.54) is 0 Å². The fourth-order valence-corrected chi connectivity index (χ4v) is 3.12. The van der Waals surface area contributed by atoms with Gasteiger partial charge in [0, 0.05) is 24.5 Å². The minimum Gasteiger partial charge on any atom is -0.352 e. The summed E-state index contributed by atoms with van der Waals surface area (Å²) in [6.07, 6.45) is -1.27. The van der Waals surface area contributed by atoms with Gasteiger partial charge in [0.2, 0.25) is 5.91 Å². The van der Waals surface area contributed by atoms with Crippen molar-refractivity contribution in [1.82, 2.24) is 10.6 Å². The molecule has 20 heavy (non-hydrogen) atoms. The molecule has 0 spiro atoms. The highest BCUT2D eigenvalue weighted by atomic mass is 19.4. The molecule has 0 radical (unpaired) electrons. The summed E-state index contributed by atoms with van der Waals surface area (Å²) in [5, 5.41) is 6.28. The number of carbonyl (C=O) groups is 1. The third kappa shape index (κ3) is 4.11. The van der Waals surface area contributed by atoms with Crippen LogP contribution in [0.1, 0.15) is 45.4 Å². The molecule has 0 bridgehead atoms. The Morgan fingerprint density at radius 3 is 2.25 bits per heavy atom. The van der Waals surface area contributed by atoms with Crippen molar-refractivity contribution in [1.29, 1.82) is 0 Å². The Balaban J connectivity index is 1.75. The summed E-state index contributed by atoms with van der Waals surface area (Å²) in [4.78, 5) is 12.1. The third-order valence-corrected chi connectivity index (χ3v) is 4.57. The topological polar surface area (TPSA) is 41.1 Å². The van der Waals surface area contributed by atoms with Crippen LogP contribution in [0.15, 0.2) is 0 Å². The standard InChI is InChI=1S/C14H23F3N2O/c1-9-2-7-12(8-18-9)19-13(20)10-3-5-11(6-4-10)14(15,16)17/h9-12,18H,2-8H2,1H3,(H,19,20). The molecule has 1 saturated heterocycles. The predicted octanol–water partition coefficient (Wildman–Crippen LogP) is 2.61. The van der Waals surface area contributed by atoms with Gasteiger partial charge in [0.25, 0.3) is 0 Å². The van der Waals surface area contributed by atoms with Crippen molar-refractivity contribution in [2.45, 2.75) is 63.7 Å². The van der Waals surface area contributed by atoms with Crippen molar-refractivity contribution < 1.29 is 18.0 Å². The summed E-state index contributed by atoms with van der Waals surface area (Å²) in [6.45, 7) is 2.86. The molecule has 2 aliphatic rings. The first kappa shape index (κ1) is 15.6. The van der Waals surface area contributed by atoms with E-state index in [4.69, 9.17) is 0 Å². The molecule has 2 atom stereocenters. The van der Waals surface area contributed by atoms with Gasteiger partial charge in [0.05, 0.1) is 5.92 Å². The van der Waals surface area contributed by atoms with Crippen LogP contribution in [-0.4, -0.2) is 30.7 Å². The lowest BCUT2D eigenvalue weighted by atomic mass is 9.81. The van der Waals surface area contributed by atoms with Crippen LogP contribution in [0.3, 0.4) is 0 Å². The maximum Gasteiger partial charge on any atom is 0.391 e. The summed E-state index contributed by atoms with van der Waals surface area (Å²) in [6, 6.07) is 0.601. The molecule has 2 rings (SSSR count). The zero-order chi connectivity index (χ0) is 14.8. The maximum atomic E-state index is 12.6. The van der Waals surface area contributed by atoms with E-state index < -0.39 is 12.1 Å². The molecule has 1 aliphatic carbocycles. The summed E-state index contributed by atoms with van der Waals surface area (Å²) in [5.74, 6) is -1.52. The molecule has 0 aromatic carbocycles. The minimum absolute atomic E-state index is 0.0630. The van der Waals surface area contributed by atoms with Crippen molar-refractivity contribution in [3.8, 4) is 0 Å². The summed E-state index contributed by atoms with van der Waals surface area (Å²) in [5.41, 5.74) is 0. The molecule has 6 heteroatoms. The highest BCUT2D eigenvalue weighted by molar-refractivity contribution is 5.79. The first-order valence-electron chi connectivity index (χ1n) is 7.46. The number of nitrogens with one attached hydrogen (secondary N) is 2. The van der Waals surface area contributed by atoms with Crippen molar-refractivity contribution in [2.24, 2.45) is 11.8 Å². The van der Waals surface area contributed by atoms with Gasteiger partial charge in [-0.1, -0.05) is 0 Å². The van der Waals surface area contributed by atoms with Gasteiger partial charge in [-0.2, -0.15) is 13.2 Å². The molecule has 1 saturated carbocycles. The zero-order valence-corrected chi connectivity index (χ0v) is 11.8. The van der Waals surface area contributed by atoms with E-state index in [-0.39, 0.29) is 30.7 Å². The molecule has 3 nitrogen and oxygen atoms in total. The quantitative estimate of drug-likeness (QED) is 0.821. The molecule has 2 unspecified atom stereocenters. The second-order valence-electron chi connectivity index (χ2n) is 6.18. The Morgan fingerprint density at radius 2 is 1.75 bits per heavy atom. The summed E-state index contributed by atoms with van der Waals surface area (Å²) >= 11 is 0. The van der Waals surface area contributed by atoms with E-state index in [9.17, 15) is 18.0 Å². The fraction of sp³-hybridized carbons (Fsp3) is 0.929. The van der Waals surface area contributed by atoms with E-state index in [1.807, 2.05) is 0 Å². The van der Waals surface area contributed by atoms with Crippen LogP contribution in [0, 0.1) is 11.8 Å². The van der Waals surface area contributed by atoms with Crippen LogP contribution in [0.25, 0.3) is 0 Å². The summed E-state index contributed by atoms with van der Waals surface area (Å²) in [7, 11) is 0. The smallest absolute Gasteiger partial charge is 0.352 e. The first-order valence-corrected chi connectivity index (χ1v) is 7.46. The van der Waals surface area contributed by atoms with Gasteiger partial charge in [0.1, 0.15) is 0 Å². The van der Waals surface area contributed by atoms with Gasteiger partial charge in [-0.15, -0.1) is 0 Å². The minimum atomic E-state index is -4.11. The molecular formula is C14H23F3N2O. The van der Waals surface area contributed by atoms with E-state index >= 15 is 0 Å². The Kier molecular flexibility index (Phi) is 4.94. The second-order valence-corrected chi connectivity index (χ2v) is 6.18. The molecule has 0 aromatic heterocycles. The average molecular weight is 292 g/mol. The van der Waals surface area contributed by atoms with Crippen molar-refractivity contribution in [2.75, 3.05) is 6.54 Å². The van der Waals surface area contributed by atoms with Gasteiger partial charge in [-0.3, -0.25) is 4.79 Å². The Hall–Kier alpha value is -0.780. The van der Waals surface area contributed by atoms with Crippen LogP contribution in [0.2, 0.25) is 0 Å². The third-order valence-electron chi connectivity index (χ3n) is 4.57. The van der Waals surface area contributed by atoms with Crippen LogP contribution in [0.5, 0.6) is 0 Å². The molecule has 0 aromatic rings. The van der Waals surface area contributed by atoms with Crippen LogP contribution < -0.4 is 10.6 Å². The lowest BCUT2D eigenvalue weighted by Gasteiger charge is -2.32. The molecule has 1 heterocycles. The van der Waals surface area contributed by atoms with Crippen molar-refractivity contribution in [3.63, 3.8) is 0 Å². The number of piperidine rings is 1. The van der Waals surface area contributed by atoms with Crippen molar-refractivity contribution in [3.05, 3.63) is 0 Å². The Bertz CT molecular complexity index is 330. The fourth-order valence-electron chi connectivity index (χ4n) is 3.12. The number of hydrogen-bond donors (Lipinski definition) is 2. The monoisotopic (exact) mass is 292 g/mol. The number of halogens is 3. The van der Waals surface area contributed by atoms with E-state index in [0.29, 0.717) is 18.9 Å². The van der Waals surface area contributed by atoms with Crippen LogP contribution in [0.4, 0.5) is 13.2 Å². The maximum absolute atomic E-state index is 12.6. The number of rotatable bonds is 2. The largest absolute Gasteiger partial charge is 0.391 e. The molecular weight excluding hydrogens is 269 g/mol. The molecule has 2 N–H and O–H groups in total. The second kappa shape index (κ2) is 6.33. The molecule has 1 aliphatic heterocycles. The Morgan fingerprint density at radius 1 is 1.10 bits per heavy atom. The van der Waals surface area contributed by atoms with Gasteiger partial charge < -0.3 is 10.6 Å². The average Bonchev–Trinajstić information content (AvgIpc) is 2.40. The van der Waals surface area contributed by atoms with Gasteiger partial charge in [0.15, 0.2) is 0 Å². The molecule has 2 fully saturated rings. The van der Waals surface area contributed by atoms with Gasteiger partial charge in [-0.25, -0.2) is 0 Å². The lowest BCUT2D eigenvalue weighted by Crippen LogP contribution is -2.50. The first-order chi connectivity index (χ1) is 9.36. The number of carbonyl (C=O) groups excluding carboxylic acids is 1. The predicted molar refractivity (Wildman–Crippen MR) is 70.1 cm³/mol. The van der Waals surface area contributed by atoms with E-state index in [1.54, 1.807) is 0 Å². The normalized spacial score (nSPS) is 35.6. The van der Waals surface area contributed by atoms with Gasteiger partial charge in [-0.05, 0) is 45.4 Å². The number of amides is 1. The zero-order valence-electron chi connectivity index (χ0n) is 11.8. The lowest BCUT2D eigenvalue weighted by molar-refractivity contribution is -0.184. The highest BCUT2D eigenvalue weighted by Gasteiger charge is 2.42. The SMILES string of the molecule is CC1CCC(NC(=O)C2CCC(C(F)(F)F)CC2)CN1. The summed E-state index contributed by atoms with van der Waals surface area (Å²) < 4.78 is 37.7.